The number of carbonyl (C=O) groups excluding carboxylic acids is 1. The van der Waals surface area contributed by atoms with Crippen LogP contribution in [0.15, 0.2) is 72.8 Å². The van der Waals surface area contributed by atoms with Gasteiger partial charge in [-0.25, -0.2) is 4.79 Å². The van der Waals surface area contributed by atoms with Crippen LogP contribution in [0.3, 0.4) is 0 Å². The number of esters is 1. The van der Waals surface area contributed by atoms with Crippen LogP contribution in [0.5, 0.6) is 17.2 Å². The second-order valence-electron chi connectivity index (χ2n) is 7.34. The third-order valence-corrected chi connectivity index (χ3v) is 5.23. The van der Waals surface area contributed by atoms with E-state index in [1.165, 1.54) is 6.08 Å². The molecule has 0 saturated heterocycles. The molecule has 5 nitrogen and oxygen atoms in total. The molecule has 2 N–H and O–H groups in total. The quantitative estimate of drug-likeness (QED) is 0.251. The Morgan fingerprint density at radius 2 is 1.39 bits per heavy atom. The van der Waals surface area contributed by atoms with Gasteiger partial charge < -0.3 is 19.7 Å². The fourth-order valence-corrected chi connectivity index (χ4v) is 3.68. The molecule has 0 fully saturated rings. The zero-order valence-electron chi connectivity index (χ0n) is 19.0. The number of phenols is 2. The van der Waals surface area contributed by atoms with Crippen molar-refractivity contribution in [3.05, 3.63) is 95.1 Å². The number of rotatable bonds is 8. The van der Waals surface area contributed by atoms with Crippen molar-refractivity contribution in [3.63, 3.8) is 0 Å². The highest BCUT2D eigenvalue weighted by Crippen LogP contribution is 2.37. The molecule has 0 aliphatic carbocycles. The number of ether oxygens (including phenoxy) is 2. The van der Waals surface area contributed by atoms with Gasteiger partial charge >= 0.3 is 5.97 Å². The highest BCUT2D eigenvalue weighted by Gasteiger charge is 2.15. The van der Waals surface area contributed by atoms with E-state index in [1.807, 2.05) is 42.5 Å². The van der Waals surface area contributed by atoms with Crippen molar-refractivity contribution in [2.75, 3.05) is 13.7 Å². The Morgan fingerprint density at radius 3 is 1.88 bits per heavy atom. The molecule has 0 aliphatic heterocycles. The predicted molar refractivity (Wildman–Crippen MR) is 131 cm³/mol. The monoisotopic (exact) mass is 444 g/mol. The van der Waals surface area contributed by atoms with E-state index in [-0.39, 0.29) is 11.5 Å². The van der Waals surface area contributed by atoms with Gasteiger partial charge in [-0.15, -0.1) is 0 Å². The lowest BCUT2D eigenvalue weighted by atomic mass is 9.87. The number of carbonyl (C=O) groups is 1. The number of allylic oxidation sites excluding steroid dienone is 1. The molecule has 0 atom stereocenters. The summed E-state index contributed by atoms with van der Waals surface area (Å²) in [5, 5.41) is 19.6. The molecule has 0 unspecified atom stereocenters. The maximum Gasteiger partial charge on any atom is 0.330 e. The largest absolute Gasteiger partial charge is 0.508 e. The van der Waals surface area contributed by atoms with Gasteiger partial charge in [-0.3, -0.25) is 0 Å². The Hall–Kier alpha value is -3.99. The van der Waals surface area contributed by atoms with Gasteiger partial charge in [0, 0.05) is 11.6 Å². The maximum atomic E-state index is 11.7. The van der Waals surface area contributed by atoms with Gasteiger partial charge in [0.05, 0.1) is 13.7 Å². The topological polar surface area (TPSA) is 76.0 Å². The highest BCUT2D eigenvalue weighted by molar-refractivity contribution is 5.99. The van der Waals surface area contributed by atoms with Crippen molar-refractivity contribution < 1.29 is 24.5 Å². The lowest BCUT2D eigenvalue weighted by Gasteiger charge is -2.18. The van der Waals surface area contributed by atoms with Crippen LogP contribution in [-0.2, 0) is 9.53 Å². The molecule has 0 radical (unpaired) electrons. The number of benzene rings is 3. The number of aromatic hydroxyl groups is 2. The Morgan fingerprint density at radius 1 is 0.848 bits per heavy atom. The third kappa shape index (κ3) is 5.83. The van der Waals surface area contributed by atoms with Crippen molar-refractivity contribution in [1.82, 2.24) is 0 Å². The second-order valence-corrected chi connectivity index (χ2v) is 7.34. The first-order valence-corrected chi connectivity index (χ1v) is 10.8. The summed E-state index contributed by atoms with van der Waals surface area (Å²) in [5.74, 6) is 0.622. The van der Waals surface area contributed by atoms with Crippen molar-refractivity contribution in [2.24, 2.45) is 0 Å². The summed E-state index contributed by atoms with van der Waals surface area (Å²) < 4.78 is 10.6. The first kappa shape index (κ1) is 23.7. The summed E-state index contributed by atoms with van der Waals surface area (Å²) in [4.78, 5) is 11.7. The van der Waals surface area contributed by atoms with Crippen LogP contribution in [0.4, 0.5) is 0 Å². The summed E-state index contributed by atoms with van der Waals surface area (Å²) in [6.45, 7) is 4.16. The van der Waals surface area contributed by atoms with Gasteiger partial charge in [0.2, 0.25) is 0 Å². The number of hydrogen-bond donors (Lipinski definition) is 2. The normalized spacial score (nSPS) is 10.8. The summed E-state index contributed by atoms with van der Waals surface area (Å²) in [6.07, 6.45) is 3.80. The molecule has 170 valence electrons. The molecule has 0 saturated carbocycles. The molecular formula is C28H28O5. The molecule has 0 aromatic heterocycles. The minimum atomic E-state index is -0.403. The van der Waals surface area contributed by atoms with Gasteiger partial charge in [0.1, 0.15) is 17.2 Å². The van der Waals surface area contributed by atoms with Crippen molar-refractivity contribution in [1.29, 1.82) is 0 Å². The van der Waals surface area contributed by atoms with E-state index in [2.05, 4.69) is 6.92 Å². The average molecular weight is 445 g/mol. The first-order chi connectivity index (χ1) is 16.0. The lowest BCUT2D eigenvalue weighted by molar-refractivity contribution is -0.137. The molecule has 3 aromatic rings. The molecule has 5 heteroatoms. The van der Waals surface area contributed by atoms with E-state index in [0.29, 0.717) is 12.4 Å². The van der Waals surface area contributed by atoms with Crippen LogP contribution in [-0.4, -0.2) is 29.9 Å². The van der Waals surface area contributed by atoms with Crippen LogP contribution in [0, 0.1) is 0 Å². The number of hydrogen-bond acceptors (Lipinski definition) is 5. The zero-order valence-corrected chi connectivity index (χ0v) is 19.0. The minimum absolute atomic E-state index is 0.196. The predicted octanol–water partition coefficient (Wildman–Crippen LogP) is 6.05. The van der Waals surface area contributed by atoms with Crippen LogP contribution >= 0.6 is 0 Å². The molecular weight excluding hydrogens is 416 g/mol. The van der Waals surface area contributed by atoms with E-state index in [1.54, 1.807) is 44.4 Å². The van der Waals surface area contributed by atoms with Gasteiger partial charge in [0.15, 0.2) is 0 Å². The Kier molecular flexibility index (Phi) is 7.92. The van der Waals surface area contributed by atoms with Crippen molar-refractivity contribution in [3.8, 4) is 17.2 Å². The number of methoxy groups -OCH3 is 1. The first-order valence-electron chi connectivity index (χ1n) is 10.8. The summed E-state index contributed by atoms with van der Waals surface area (Å²) >= 11 is 0. The molecule has 3 rings (SSSR count). The molecule has 33 heavy (non-hydrogen) atoms. The second kappa shape index (κ2) is 11.0. The third-order valence-electron chi connectivity index (χ3n) is 5.23. The molecule has 0 amide bonds. The maximum absolute atomic E-state index is 11.7. The fourth-order valence-electron chi connectivity index (χ4n) is 3.68. The SMILES string of the molecule is CCOC(=O)/C=C/c1ccc(C(CC)=C(c2ccc(O)cc2)c2ccc(O)cc2)cc1OC. The van der Waals surface area contributed by atoms with Gasteiger partial charge in [-0.2, -0.15) is 0 Å². The molecule has 3 aromatic carbocycles. The Labute approximate surface area is 194 Å². The van der Waals surface area contributed by atoms with Crippen LogP contribution in [0.2, 0.25) is 0 Å². The average Bonchev–Trinajstić information content (AvgIpc) is 2.83. The van der Waals surface area contributed by atoms with Crippen molar-refractivity contribution >= 4 is 23.2 Å². The summed E-state index contributed by atoms with van der Waals surface area (Å²) in [5.41, 5.74) is 5.69. The van der Waals surface area contributed by atoms with E-state index < -0.39 is 5.97 Å². The molecule has 0 aliphatic rings. The van der Waals surface area contributed by atoms with Crippen molar-refractivity contribution in [2.45, 2.75) is 20.3 Å². The zero-order chi connectivity index (χ0) is 23.8. The van der Waals surface area contributed by atoms with Crippen LogP contribution in [0.25, 0.3) is 17.2 Å². The van der Waals surface area contributed by atoms with Crippen LogP contribution < -0.4 is 4.74 Å². The molecule has 0 bridgehead atoms. The summed E-state index contributed by atoms with van der Waals surface area (Å²) in [7, 11) is 1.59. The number of phenolic OH excluding ortho intramolecular Hbond substituents is 2. The van der Waals surface area contributed by atoms with E-state index >= 15 is 0 Å². The smallest absolute Gasteiger partial charge is 0.330 e. The van der Waals surface area contributed by atoms with Crippen LogP contribution in [0.1, 0.15) is 42.5 Å². The Bertz CT molecular complexity index is 1110. The molecule has 0 heterocycles. The lowest BCUT2D eigenvalue weighted by Crippen LogP contribution is -1.99. The Balaban J connectivity index is 2.15. The highest BCUT2D eigenvalue weighted by atomic mass is 16.5. The van der Waals surface area contributed by atoms with E-state index in [9.17, 15) is 15.0 Å². The van der Waals surface area contributed by atoms with Gasteiger partial charge in [-0.1, -0.05) is 43.3 Å². The van der Waals surface area contributed by atoms with Gasteiger partial charge in [-0.05, 0) is 77.6 Å². The molecule has 0 spiro atoms. The summed E-state index contributed by atoms with van der Waals surface area (Å²) in [6, 6.07) is 20.0. The van der Waals surface area contributed by atoms with E-state index in [0.717, 1.165) is 39.8 Å². The van der Waals surface area contributed by atoms with Gasteiger partial charge in [0.25, 0.3) is 0 Å². The standard InChI is InChI=1S/C28H28O5/c1-4-25(22-7-6-19(26(18-22)32-3)12-17-27(31)33-5-2)28(20-8-13-23(29)14-9-20)21-10-15-24(30)16-11-21/h6-18,29-30H,4-5H2,1-3H3/b17-12+. The van der Waals surface area contributed by atoms with E-state index in [4.69, 9.17) is 9.47 Å². The minimum Gasteiger partial charge on any atom is -0.508 e. The fraction of sp³-hybridized carbons (Fsp3) is 0.179.